The molecule has 1 aliphatic carbocycles. The zero-order valence-electron chi connectivity index (χ0n) is 30.2. The van der Waals surface area contributed by atoms with Gasteiger partial charge in [-0.15, -0.1) is 0 Å². The first-order valence-electron chi connectivity index (χ1n) is 17.6. The third kappa shape index (κ3) is 7.58. The smallest absolute Gasteiger partial charge is 0.419 e. The number of fused-ring (bicyclic) bond motifs is 1. The van der Waals surface area contributed by atoms with Crippen molar-refractivity contribution in [3.05, 3.63) is 54.2 Å². The number of hydrogen-bond donors (Lipinski definition) is 1. The lowest BCUT2D eigenvalue weighted by atomic mass is 9.67. The van der Waals surface area contributed by atoms with Gasteiger partial charge in [-0.3, -0.25) is 14.2 Å². The fourth-order valence-corrected chi connectivity index (χ4v) is 10.2. The molecule has 1 saturated carbocycles. The number of benzene rings is 1. The quantitative estimate of drug-likeness (QED) is 0.213. The van der Waals surface area contributed by atoms with Crippen LogP contribution < -0.4 is 10.1 Å². The molecule has 2 atom stereocenters. The van der Waals surface area contributed by atoms with Gasteiger partial charge in [-0.1, -0.05) is 32.9 Å². The van der Waals surface area contributed by atoms with Gasteiger partial charge in [0.15, 0.2) is 8.32 Å². The number of likely N-dealkylation sites (tertiary alicyclic amines) is 1. The molecule has 1 N–H and O–H groups in total. The van der Waals surface area contributed by atoms with Crippen LogP contribution in [0.3, 0.4) is 0 Å². The fraction of sp³-hybridized carbons (Fsp3) is 0.568. The van der Waals surface area contributed by atoms with E-state index in [1.807, 2.05) is 0 Å². The molecule has 3 heterocycles. The van der Waals surface area contributed by atoms with E-state index < -0.39 is 62.2 Å². The first-order chi connectivity index (χ1) is 23.6. The second kappa shape index (κ2) is 14.4. The van der Waals surface area contributed by atoms with Crippen LogP contribution in [0.4, 0.5) is 19.4 Å². The summed E-state index contributed by atoms with van der Waals surface area (Å²) in [6.07, 6.45) is -0.0702. The summed E-state index contributed by atoms with van der Waals surface area (Å²) in [5.74, 6) is -2.84. The van der Waals surface area contributed by atoms with Gasteiger partial charge in [0.05, 0.1) is 29.7 Å². The van der Waals surface area contributed by atoms with Crippen LogP contribution >= 0.6 is 0 Å². The number of nitrogens with one attached hydrogen (secondary N) is 1. The maximum absolute atomic E-state index is 14.9. The van der Waals surface area contributed by atoms with Gasteiger partial charge in [-0.25, -0.2) is 18.6 Å². The molecule has 272 valence electrons. The Hall–Kier alpha value is -3.84. The maximum Gasteiger partial charge on any atom is 0.419 e. The standard InChI is InChI=1S/C37H50F2N4O6Si/c1-8-50(9-2,10-3)49-29-18-24-43(33(45)36(19-21-37(38,39)22-20-36)25-11-13-26(47-7)14-12-25)31(29)32(44)41-30-16-15-28-27(40-30)17-23-42(28)34(46)48-35(4,5)6/h11-17,23,29,31H,8-10,18-22,24H2,1-7H3,(H,40,41,44)/t29-,31-/m1/s1. The summed E-state index contributed by atoms with van der Waals surface area (Å²) in [6.45, 7) is 11.9. The zero-order valence-corrected chi connectivity index (χ0v) is 31.2. The van der Waals surface area contributed by atoms with Crippen LogP contribution in [0.15, 0.2) is 48.7 Å². The largest absolute Gasteiger partial charge is 0.497 e. The lowest BCUT2D eigenvalue weighted by Crippen LogP contribution is -2.57. The molecule has 2 amide bonds. The molecule has 0 unspecified atom stereocenters. The second-order valence-electron chi connectivity index (χ2n) is 14.6. The molecular formula is C37H50F2N4O6Si. The van der Waals surface area contributed by atoms with Gasteiger partial charge in [0.2, 0.25) is 11.8 Å². The van der Waals surface area contributed by atoms with E-state index >= 15 is 0 Å². The van der Waals surface area contributed by atoms with E-state index in [0.29, 0.717) is 28.8 Å². The molecular weight excluding hydrogens is 663 g/mol. The molecule has 2 aliphatic rings. The minimum atomic E-state index is -2.87. The molecule has 1 saturated heterocycles. The minimum absolute atomic E-state index is 0.0496. The molecule has 3 aromatic rings. The van der Waals surface area contributed by atoms with E-state index in [2.05, 4.69) is 31.1 Å². The number of pyridine rings is 1. The Morgan fingerprint density at radius 2 is 1.60 bits per heavy atom. The van der Waals surface area contributed by atoms with E-state index in [1.165, 1.54) is 4.57 Å². The van der Waals surface area contributed by atoms with Gasteiger partial charge in [-0.2, -0.15) is 0 Å². The van der Waals surface area contributed by atoms with Crippen molar-refractivity contribution >= 4 is 43.1 Å². The Morgan fingerprint density at radius 3 is 2.18 bits per heavy atom. The molecule has 5 rings (SSSR count). The minimum Gasteiger partial charge on any atom is -0.497 e. The van der Waals surface area contributed by atoms with Crippen LogP contribution in [0.1, 0.15) is 79.2 Å². The highest BCUT2D eigenvalue weighted by Gasteiger charge is 2.54. The van der Waals surface area contributed by atoms with Crippen LogP contribution in [0.25, 0.3) is 11.0 Å². The van der Waals surface area contributed by atoms with Crippen LogP contribution in [-0.2, 0) is 24.2 Å². The first-order valence-corrected chi connectivity index (χ1v) is 20.2. The van der Waals surface area contributed by atoms with E-state index in [-0.39, 0.29) is 31.1 Å². The van der Waals surface area contributed by atoms with Crippen LogP contribution in [0.5, 0.6) is 5.75 Å². The molecule has 10 nitrogen and oxygen atoms in total. The van der Waals surface area contributed by atoms with Gasteiger partial charge in [0, 0.05) is 25.6 Å². The summed E-state index contributed by atoms with van der Waals surface area (Å²) in [5.41, 5.74) is -0.314. The lowest BCUT2D eigenvalue weighted by Gasteiger charge is -2.43. The second-order valence-corrected chi connectivity index (χ2v) is 19.3. The normalized spacial score (nSPS) is 20.5. The molecule has 1 aliphatic heterocycles. The van der Waals surface area contributed by atoms with E-state index in [0.717, 1.165) is 18.1 Å². The Labute approximate surface area is 294 Å². The fourth-order valence-electron chi connectivity index (χ4n) is 7.36. The number of ether oxygens (including phenoxy) is 2. The van der Waals surface area contributed by atoms with Gasteiger partial charge in [-0.05, 0) is 94.1 Å². The summed E-state index contributed by atoms with van der Waals surface area (Å²) in [4.78, 5) is 48.2. The lowest BCUT2D eigenvalue weighted by molar-refractivity contribution is -0.147. The number of aromatic nitrogens is 2. The van der Waals surface area contributed by atoms with Crippen molar-refractivity contribution in [1.82, 2.24) is 14.5 Å². The van der Waals surface area contributed by atoms with Crippen molar-refractivity contribution in [2.24, 2.45) is 0 Å². The van der Waals surface area contributed by atoms with Crippen molar-refractivity contribution in [3.8, 4) is 5.75 Å². The Kier molecular flexibility index (Phi) is 10.8. The predicted molar refractivity (Wildman–Crippen MR) is 190 cm³/mol. The molecule has 0 bridgehead atoms. The average molecular weight is 713 g/mol. The summed E-state index contributed by atoms with van der Waals surface area (Å²) < 4.78 is 48.3. The molecule has 13 heteroatoms. The number of carbonyl (C=O) groups is 3. The number of hydrogen-bond acceptors (Lipinski definition) is 7. The van der Waals surface area contributed by atoms with E-state index in [1.54, 1.807) is 81.4 Å². The van der Waals surface area contributed by atoms with Crippen molar-refractivity contribution in [3.63, 3.8) is 0 Å². The molecule has 2 fully saturated rings. The number of halogens is 2. The van der Waals surface area contributed by atoms with E-state index in [9.17, 15) is 23.2 Å². The number of carbonyl (C=O) groups excluding carboxylic acids is 3. The van der Waals surface area contributed by atoms with Crippen LogP contribution in [0, 0.1) is 0 Å². The third-order valence-corrected chi connectivity index (χ3v) is 15.1. The number of nitrogens with zero attached hydrogens (tertiary/aromatic N) is 3. The van der Waals surface area contributed by atoms with Gasteiger partial charge < -0.3 is 24.1 Å². The highest BCUT2D eigenvalue weighted by Crippen LogP contribution is 2.48. The summed E-state index contributed by atoms with van der Waals surface area (Å²) in [7, 11) is -0.691. The van der Waals surface area contributed by atoms with Crippen molar-refractivity contribution in [1.29, 1.82) is 0 Å². The van der Waals surface area contributed by atoms with Crippen molar-refractivity contribution in [2.75, 3.05) is 19.0 Å². The average Bonchev–Trinajstić information content (AvgIpc) is 3.71. The van der Waals surface area contributed by atoms with Crippen LogP contribution in [0.2, 0.25) is 18.1 Å². The number of amides is 2. The van der Waals surface area contributed by atoms with Crippen molar-refractivity contribution < 1.29 is 37.1 Å². The highest BCUT2D eigenvalue weighted by molar-refractivity contribution is 6.73. The number of rotatable bonds is 10. The maximum atomic E-state index is 14.9. The zero-order chi connectivity index (χ0) is 36.5. The monoisotopic (exact) mass is 712 g/mol. The molecule has 0 radical (unpaired) electrons. The molecule has 1 aromatic carbocycles. The predicted octanol–water partition coefficient (Wildman–Crippen LogP) is 7.91. The summed E-state index contributed by atoms with van der Waals surface area (Å²) >= 11 is 0. The molecule has 2 aromatic heterocycles. The summed E-state index contributed by atoms with van der Waals surface area (Å²) in [5, 5.41) is 2.92. The van der Waals surface area contributed by atoms with Gasteiger partial charge in [0.25, 0.3) is 5.91 Å². The Bertz CT molecular complexity index is 1680. The number of methoxy groups -OCH3 is 1. The van der Waals surface area contributed by atoms with Crippen LogP contribution in [-0.4, -0.2) is 78.0 Å². The van der Waals surface area contributed by atoms with E-state index in [4.69, 9.17) is 13.9 Å². The first kappa shape index (κ1) is 37.4. The van der Waals surface area contributed by atoms with Crippen molar-refractivity contribution in [2.45, 2.75) is 121 Å². The Balaban J connectivity index is 1.49. The highest BCUT2D eigenvalue weighted by atomic mass is 28.4. The Morgan fingerprint density at radius 1 is 0.960 bits per heavy atom. The topological polar surface area (TPSA) is 112 Å². The number of alkyl halides is 2. The SMILES string of the molecule is CC[Si](CC)(CC)O[C@@H]1CCN(C(=O)C2(c3ccc(OC)cc3)CCC(F)(F)CC2)[C@H]1C(=O)Nc1ccc2c(ccn2C(=O)OC(C)(C)C)n1. The molecule has 50 heavy (non-hydrogen) atoms. The third-order valence-electron chi connectivity index (χ3n) is 10.5. The number of anilines is 1. The van der Waals surface area contributed by atoms with Gasteiger partial charge in [0.1, 0.15) is 23.2 Å². The molecule has 0 spiro atoms. The summed E-state index contributed by atoms with van der Waals surface area (Å²) in [6, 6.07) is 13.5. The van der Waals surface area contributed by atoms with Gasteiger partial charge >= 0.3 is 6.09 Å².